The second kappa shape index (κ2) is 5.19. The smallest absolute Gasteiger partial charge is 0.250 e. The number of nitrogen functional groups attached to an aromatic ring is 1. The van der Waals surface area contributed by atoms with Crippen LogP contribution in [0.4, 0.5) is 5.69 Å². The van der Waals surface area contributed by atoms with E-state index in [4.69, 9.17) is 10.2 Å². The molecule has 3 aromatic rings. The van der Waals surface area contributed by atoms with Crippen molar-refractivity contribution in [3.05, 3.63) is 52.8 Å². The van der Waals surface area contributed by atoms with Crippen LogP contribution in [-0.4, -0.2) is 15.8 Å². The Bertz CT molecular complexity index is 927. The number of fused-ring (bicyclic) bond motifs is 2. The number of carbonyl (C=O) groups excluding carboxylic acids is 1. The van der Waals surface area contributed by atoms with Crippen molar-refractivity contribution in [3.63, 3.8) is 0 Å². The first kappa shape index (κ1) is 13.9. The molecule has 2 heterocycles. The van der Waals surface area contributed by atoms with E-state index in [1.165, 1.54) is 30.2 Å². The predicted octanol–water partition coefficient (Wildman–Crippen LogP) is 3.22. The molecule has 4 rings (SSSR count). The number of ketones is 1. The average Bonchev–Trinajstić information content (AvgIpc) is 2.89. The van der Waals surface area contributed by atoms with Gasteiger partial charge in [-0.05, 0) is 55.9 Å². The first-order valence-corrected chi connectivity index (χ1v) is 7.81. The number of hydrogen-bond acceptors (Lipinski definition) is 5. The van der Waals surface area contributed by atoms with Crippen molar-refractivity contribution in [1.82, 2.24) is 9.97 Å². The molecule has 116 valence electrons. The number of hydrogen-bond donors (Lipinski definition) is 1. The van der Waals surface area contributed by atoms with Gasteiger partial charge in [-0.2, -0.15) is 0 Å². The Morgan fingerprint density at radius 1 is 1.13 bits per heavy atom. The summed E-state index contributed by atoms with van der Waals surface area (Å²) in [4.78, 5) is 20.9. The third-order valence-electron chi connectivity index (χ3n) is 4.49. The highest BCUT2D eigenvalue weighted by Gasteiger charge is 2.24. The summed E-state index contributed by atoms with van der Waals surface area (Å²) in [7, 11) is 0. The van der Waals surface area contributed by atoms with Gasteiger partial charge in [0.1, 0.15) is 11.3 Å². The minimum atomic E-state index is -0.317. The van der Waals surface area contributed by atoms with Crippen LogP contribution < -0.4 is 5.73 Å². The van der Waals surface area contributed by atoms with Gasteiger partial charge in [-0.3, -0.25) is 9.78 Å². The predicted molar refractivity (Wildman–Crippen MR) is 87.5 cm³/mol. The molecule has 0 aliphatic heterocycles. The quantitative estimate of drug-likeness (QED) is 0.735. The summed E-state index contributed by atoms with van der Waals surface area (Å²) in [5.41, 5.74) is 10.7. The van der Waals surface area contributed by atoms with Gasteiger partial charge in [0.2, 0.25) is 5.76 Å². The third-order valence-corrected chi connectivity index (χ3v) is 4.49. The van der Waals surface area contributed by atoms with Crippen LogP contribution in [0.2, 0.25) is 0 Å². The lowest BCUT2D eigenvalue weighted by atomic mass is 9.90. The summed E-state index contributed by atoms with van der Waals surface area (Å²) >= 11 is 0. The van der Waals surface area contributed by atoms with Crippen LogP contribution in [0.3, 0.4) is 0 Å². The largest absolute Gasteiger partial charge is 0.450 e. The van der Waals surface area contributed by atoms with Gasteiger partial charge >= 0.3 is 0 Å². The van der Waals surface area contributed by atoms with Gasteiger partial charge in [-0.1, -0.05) is 0 Å². The zero-order chi connectivity index (χ0) is 16.0. The fraction of sp³-hybridized carbons (Fsp3) is 0.278. The zero-order valence-corrected chi connectivity index (χ0v) is 12.9. The van der Waals surface area contributed by atoms with Crippen LogP contribution in [0.15, 0.2) is 28.9 Å². The molecule has 23 heavy (non-hydrogen) atoms. The van der Waals surface area contributed by atoms with Crippen LogP contribution in [0.25, 0.3) is 11.0 Å². The molecule has 0 atom stereocenters. The molecule has 1 aliphatic carbocycles. The fourth-order valence-electron chi connectivity index (χ4n) is 3.25. The molecule has 0 amide bonds. The lowest BCUT2D eigenvalue weighted by molar-refractivity contribution is 0.101. The summed E-state index contributed by atoms with van der Waals surface area (Å²) in [6.07, 6.45) is 7.56. The van der Waals surface area contributed by atoms with E-state index in [2.05, 4.69) is 16.0 Å². The molecular formula is C18H17N3O2. The van der Waals surface area contributed by atoms with Crippen LogP contribution in [-0.2, 0) is 12.8 Å². The third kappa shape index (κ3) is 2.20. The molecule has 0 bridgehead atoms. The van der Waals surface area contributed by atoms with Crippen molar-refractivity contribution in [1.29, 1.82) is 0 Å². The number of aryl methyl sites for hydroxylation is 3. The van der Waals surface area contributed by atoms with E-state index in [0.29, 0.717) is 17.0 Å². The van der Waals surface area contributed by atoms with Crippen molar-refractivity contribution in [2.45, 2.75) is 32.6 Å². The standard InChI is InChI=1S/C18H17N3O2/c1-10-16(21-7-6-20-10)17(22)18-15(19)13-8-11-4-2-3-5-12(11)9-14(13)23-18/h6-9H,2-5,19H2,1H3. The maximum absolute atomic E-state index is 12.7. The summed E-state index contributed by atoms with van der Waals surface area (Å²) in [6.45, 7) is 1.75. The van der Waals surface area contributed by atoms with Gasteiger partial charge in [-0.25, -0.2) is 4.98 Å². The summed E-state index contributed by atoms with van der Waals surface area (Å²) in [5.74, 6) is -0.159. The molecule has 0 radical (unpaired) electrons. The van der Waals surface area contributed by atoms with Crippen LogP contribution in [0, 0.1) is 6.92 Å². The first-order chi connectivity index (χ1) is 11.1. The molecule has 5 heteroatoms. The van der Waals surface area contributed by atoms with Crippen LogP contribution in [0.5, 0.6) is 0 Å². The summed E-state index contributed by atoms with van der Waals surface area (Å²) in [6, 6.07) is 4.10. The van der Waals surface area contributed by atoms with Crippen molar-refractivity contribution >= 4 is 22.4 Å². The number of benzene rings is 1. The van der Waals surface area contributed by atoms with Crippen molar-refractivity contribution in [2.24, 2.45) is 0 Å². The monoisotopic (exact) mass is 307 g/mol. The number of nitrogens with zero attached hydrogens (tertiary/aromatic N) is 2. The Kier molecular flexibility index (Phi) is 3.15. The van der Waals surface area contributed by atoms with E-state index in [9.17, 15) is 4.79 Å². The number of rotatable bonds is 2. The molecular weight excluding hydrogens is 290 g/mol. The van der Waals surface area contributed by atoms with E-state index >= 15 is 0 Å². The highest BCUT2D eigenvalue weighted by Crippen LogP contribution is 2.34. The maximum atomic E-state index is 12.7. The van der Waals surface area contributed by atoms with Gasteiger partial charge in [-0.15, -0.1) is 0 Å². The number of nitrogens with two attached hydrogens (primary N) is 1. The highest BCUT2D eigenvalue weighted by atomic mass is 16.3. The van der Waals surface area contributed by atoms with E-state index < -0.39 is 0 Å². The van der Waals surface area contributed by atoms with Crippen molar-refractivity contribution in [3.8, 4) is 0 Å². The lowest BCUT2D eigenvalue weighted by Crippen LogP contribution is -2.08. The topological polar surface area (TPSA) is 82.0 Å². The molecule has 5 nitrogen and oxygen atoms in total. The second-order valence-electron chi connectivity index (χ2n) is 5.99. The minimum Gasteiger partial charge on any atom is -0.450 e. The van der Waals surface area contributed by atoms with Crippen molar-refractivity contribution < 1.29 is 9.21 Å². The van der Waals surface area contributed by atoms with E-state index in [-0.39, 0.29) is 17.2 Å². The molecule has 0 fully saturated rings. The molecule has 0 saturated carbocycles. The van der Waals surface area contributed by atoms with E-state index in [0.717, 1.165) is 18.2 Å². The number of furan rings is 1. The summed E-state index contributed by atoms with van der Waals surface area (Å²) < 4.78 is 5.79. The van der Waals surface area contributed by atoms with Gasteiger partial charge in [0.05, 0.1) is 11.4 Å². The Hall–Kier alpha value is -2.69. The van der Waals surface area contributed by atoms with E-state index in [1.807, 2.05) is 6.07 Å². The highest BCUT2D eigenvalue weighted by molar-refractivity contribution is 6.14. The van der Waals surface area contributed by atoms with Crippen LogP contribution in [0.1, 0.15) is 45.9 Å². The van der Waals surface area contributed by atoms with Gasteiger partial charge < -0.3 is 10.2 Å². The zero-order valence-electron chi connectivity index (χ0n) is 12.9. The average molecular weight is 307 g/mol. The van der Waals surface area contributed by atoms with Crippen LogP contribution >= 0.6 is 0 Å². The molecule has 1 aliphatic rings. The molecule has 2 N–H and O–H groups in total. The number of carbonyl (C=O) groups is 1. The molecule has 0 unspecified atom stereocenters. The Morgan fingerprint density at radius 3 is 2.57 bits per heavy atom. The Labute approximate surface area is 133 Å². The lowest BCUT2D eigenvalue weighted by Gasteiger charge is -2.14. The SMILES string of the molecule is Cc1nccnc1C(=O)c1oc2cc3c(cc2c1N)CCCC3. The minimum absolute atomic E-state index is 0.158. The normalized spacial score (nSPS) is 14.0. The first-order valence-electron chi connectivity index (χ1n) is 7.81. The Morgan fingerprint density at radius 2 is 1.83 bits per heavy atom. The maximum Gasteiger partial charge on any atom is 0.250 e. The second-order valence-corrected chi connectivity index (χ2v) is 5.99. The van der Waals surface area contributed by atoms with Gasteiger partial charge in [0, 0.05) is 17.8 Å². The number of anilines is 1. The fourth-order valence-corrected chi connectivity index (χ4v) is 3.25. The number of aromatic nitrogens is 2. The molecule has 0 spiro atoms. The molecule has 1 aromatic carbocycles. The van der Waals surface area contributed by atoms with E-state index in [1.54, 1.807) is 13.1 Å². The summed E-state index contributed by atoms with van der Waals surface area (Å²) in [5, 5.41) is 0.815. The van der Waals surface area contributed by atoms with Crippen molar-refractivity contribution in [2.75, 3.05) is 5.73 Å². The Balaban J connectivity index is 1.86. The van der Waals surface area contributed by atoms with Gasteiger partial charge in [0.25, 0.3) is 5.78 Å². The molecule has 0 saturated heterocycles. The molecule has 2 aromatic heterocycles. The van der Waals surface area contributed by atoms with Gasteiger partial charge in [0.15, 0.2) is 0 Å².